The lowest BCUT2D eigenvalue weighted by Gasteiger charge is -2.19. The van der Waals surface area contributed by atoms with Gasteiger partial charge in [0.05, 0.1) is 7.11 Å². The summed E-state index contributed by atoms with van der Waals surface area (Å²) in [6.07, 6.45) is 3.92. The number of carbonyl (C=O) groups is 1. The SMILES string of the molecule is COc1ccc(C)cc1CC(=O)C1CC2CCC1N2. The van der Waals surface area contributed by atoms with Crippen LogP contribution in [0, 0.1) is 12.8 Å². The van der Waals surface area contributed by atoms with Gasteiger partial charge in [-0.05, 0) is 32.3 Å². The van der Waals surface area contributed by atoms with Crippen molar-refractivity contribution in [1.29, 1.82) is 0 Å². The van der Waals surface area contributed by atoms with E-state index in [0.717, 1.165) is 24.2 Å². The summed E-state index contributed by atoms with van der Waals surface area (Å²) >= 11 is 0. The number of hydrogen-bond acceptors (Lipinski definition) is 3. The number of Topliss-reactive ketones (excluding diaryl/α,β-unsaturated/α-hetero) is 1. The molecule has 0 amide bonds. The summed E-state index contributed by atoms with van der Waals surface area (Å²) in [4.78, 5) is 12.5. The van der Waals surface area contributed by atoms with E-state index < -0.39 is 0 Å². The normalized spacial score (nSPS) is 28.6. The first kappa shape index (κ1) is 12.7. The zero-order valence-corrected chi connectivity index (χ0v) is 11.6. The zero-order valence-electron chi connectivity index (χ0n) is 11.6. The van der Waals surface area contributed by atoms with Gasteiger partial charge in [0.25, 0.3) is 0 Å². The fraction of sp³-hybridized carbons (Fsp3) is 0.562. The fourth-order valence-corrected chi connectivity index (χ4v) is 3.54. The number of methoxy groups -OCH3 is 1. The van der Waals surface area contributed by atoms with Crippen LogP contribution in [0.4, 0.5) is 0 Å². The van der Waals surface area contributed by atoms with E-state index >= 15 is 0 Å². The summed E-state index contributed by atoms with van der Waals surface area (Å²) in [5, 5.41) is 3.53. The Morgan fingerprint density at radius 2 is 2.26 bits per heavy atom. The van der Waals surface area contributed by atoms with Crippen LogP contribution >= 0.6 is 0 Å². The van der Waals surface area contributed by atoms with E-state index in [1.54, 1.807) is 7.11 Å². The first-order valence-corrected chi connectivity index (χ1v) is 7.09. The van der Waals surface area contributed by atoms with Gasteiger partial charge in [0, 0.05) is 30.0 Å². The molecule has 3 unspecified atom stereocenters. The third-order valence-electron chi connectivity index (χ3n) is 4.51. The van der Waals surface area contributed by atoms with Gasteiger partial charge in [0.2, 0.25) is 0 Å². The van der Waals surface area contributed by atoms with Crippen molar-refractivity contribution in [3.63, 3.8) is 0 Å². The lowest BCUT2D eigenvalue weighted by molar-refractivity contribution is -0.122. The molecular formula is C16H21NO2. The van der Waals surface area contributed by atoms with Crippen LogP contribution in [0.1, 0.15) is 30.4 Å². The van der Waals surface area contributed by atoms with Crippen LogP contribution in [-0.2, 0) is 11.2 Å². The average molecular weight is 259 g/mol. The van der Waals surface area contributed by atoms with Crippen LogP contribution in [0.2, 0.25) is 0 Å². The summed E-state index contributed by atoms with van der Waals surface area (Å²) in [7, 11) is 1.66. The molecule has 2 saturated heterocycles. The second-order valence-electron chi connectivity index (χ2n) is 5.85. The highest BCUT2D eigenvalue weighted by Crippen LogP contribution is 2.35. The molecule has 0 aliphatic carbocycles. The number of fused-ring (bicyclic) bond motifs is 2. The molecule has 19 heavy (non-hydrogen) atoms. The van der Waals surface area contributed by atoms with Crippen LogP contribution < -0.4 is 10.1 Å². The van der Waals surface area contributed by atoms with E-state index in [1.165, 1.54) is 12.0 Å². The summed E-state index contributed by atoms with van der Waals surface area (Å²) in [6.45, 7) is 2.05. The van der Waals surface area contributed by atoms with Crippen LogP contribution in [0.15, 0.2) is 18.2 Å². The highest BCUT2D eigenvalue weighted by molar-refractivity contribution is 5.85. The lowest BCUT2D eigenvalue weighted by Crippen LogP contribution is -2.29. The molecule has 0 spiro atoms. The minimum absolute atomic E-state index is 0.212. The summed E-state index contributed by atoms with van der Waals surface area (Å²) in [6, 6.07) is 7.05. The molecule has 3 rings (SSSR count). The maximum Gasteiger partial charge on any atom is 0.142 e. The summed E-state index contributed by atoms with van der Waals surface area (Å²) < 4.78 is 5.36. The van der Waals surface area contributed by atoms with E-state index in [9.17, 15) is 4.79 Å². The van der Waals surface area contributed by atoms with Crippen LogP contribution in [0.25, 0.3) is 0 Å². The highest BCUT2D eigenvalue weighted by Gasteiger charge is 2.42. The predicted molar refractivity (Wildman–Crippen MR) is 74.5 cm³/mol. The number of benzene rings is 1. The second kappa shape index (κ2) is 4.97. The third kappa shape index (κ3) is 2.39. The molecule has 3 nitrogen and oxygen atoms in total. The molecule has 2 fully saturated rings. The zero-order chi connectivity index (χ0) is 13.4. The first-order chi connectivity index (χ1) is 9.17. The molecule has 1 N–H and O–H groups in total. The Balaban J connectivity index is 1.74. The molecule has 2 aliphatic heterocycles. The van der Waals surface area contributed by atoms with Gasteiger partial charge < -0.3 is 10.1 Å². The van der Waals surface area contributed by atoms with E-state index in [4.69, 9.17) is 4.74 Å². The van der Waals surface area contributed by atoms with Crippen molar-refractivity contribution in [1.82, 2.24) is 5.32 Å². The Hall–Kier alpha value is -1.35. The predicted octanol–water partition coefficient (Wildman–Crippen LogP) is 2.26. The average Bonchev–Trinajstić information content (AvgIpc) is 3.01. The van der Waals surface area contributed by atoms with Crippen LogP contribution in [0.5, 0.6) is 5.75 Å². The number of ether oxygens (including phenoxy) is 1. The van der Waals surface area contributed by atoms with E-state index in [1.807, 2.05) is 19.1 Å². The van der Waals surface area contributed by atoms with Gasteiger partial charge in [-0.25, -0.2) is 0 Å². The molecule has 3 heteroatoms. The van der Waals surface area contributed by atoms with Crippen molar-refractivity contribution in [3.8, 4) is 5.75 Å². The molecule has 2 bridgehead atoms. The van der Waals surface area contributed by atoms with Gasteiger partial charge in [0.15, 0.2) is 0 Å². The van der Waals surface area contributed by atoms with Crippen molar-refractivity contribution in [2.24, 2.45) is 5.92 Å². The quantitative estimate of drug-likeness (QED) is 0.901. The van der Waals surface area contributed by atoms with Gasteiger partial charge >= 0.3 is 0 Å². The molecule has 3 atom stereocenters. The molecule has 102 valence electrons. The van der Waals surface area contributed by atoms with Crippen molar-refractivity contribution < 1.29 is 9.53 Å². The van der Waals surface area contributed by atoms with Gasteiger partial charge in [0.1, 0.15) is 11.5 Å². The second-order valence-corrected chi connectivity index (χ2v) is 5.85. The van der Waals surface area contributed by atoms with Crippen molar-refractivity contribution >= 4 is 5.78 Å². The topological polar surface area (TPSA) is 38.3 Å². The monoisotopic (exact) mass is 259 g/mol. The third-order valence-corrected chi connectivity index (χ3v) is 4.51. The Kier molecular flexibility index (Phi) is 3.31. The number of aryl methyl sites for hydroxylation is 1. The lowest BCUT2D eigenvalue weighted by atomic mass is 9.84. The molecule has 0 aromatic heterocycles. The Bertz CT molecular complexity index is 498. The standard InChI is InChI=1S/C16H21NO2/c1-10-3-6-16(19-2)11(7-10)8-15(18)13-9-12-4-5-14(13)17-12/h3,6-7,12-14,17H,4-5,8-9H2,1-2H3. The van der Waals surface area contributed by atoms with Gasteiger partial charge in [-0.3, -0.25) is 4.79 Å². The maximum atomic E-state index is 12.5. The molecule has 0 saturated carbocycles. The molecule has 2 aliphatic rings. The summed E-state index contributed by atoms with van der Waals surface area (Å²) in [5.41, 5.74) is 2.20. The molecule has 1 aromatic carbocycles. The fourth-order valence-electron chi connectivity index (χ4n) is 3.54. The van der Waals surface area contributed by atoms with Gasteiger partial charge in [-0.15, -0.1) is 0 Å². The Morgan fingerprint density at radius 3 is 2.89 bits per heavy atom. The largest absolute Gasteiger partial charge is 0.496 e. The number of ketones is 1. The van der Waals surface area contributed by atoms with Crippen molar-refractivity contribution in [2.45, 2.75) is 44.7 Å². The van der Waals surface area contributed by atoms with E-state index in [-0.39, 0.29) is 5.92 Å². The van der Waals surface area contributed by atoms with Crippen molar-refractivity contribution in [3.05, 3.63) is 29.3 Å². The minimum atomic E-state index is 0.212. The highest BCUT2D eigenvalue weighted by atomic mass is 16.5. The number of hydrogen-bond donors (Lipinski definition) is 1. The number of nitrogens with one attached hydrogen (secondary N) is 1. The smallest absolute Gasteiger partial charge is 0.142 e. The number of carbonyl (C=O) groups excluding carboxylic acids is 1. The van der Waals surface area contributed by atoms with E-state index in [2.05, 4.69) is 11.4 Å². The van der Waals surface area contributed by atoms with Gasteiger partial charge in [-0.2, -0.15) is 0 Å². The molecule has 1 aromatic rings. The summed E-state index contributed by atoms with van der Waals surface area (Å²) in [5.74, 6) is 1.41. The molecule has 0 radical (unpaired) electrons. The van der Waals surface area contributed by atoms with Crippen LogP contribution in [0.3, 0.4) is 0 Å². The first-order valence-electron chi connectivity index (χ1n) is 7.09. The molecule has 2 heterocycles. The molecular weight excluding hydrogens is 238 g/mol. The van der Waals surface area contributed by atoms with Crippen molar-refractivity contribution in [2.75, 3.05) is 7.11 Å². The van der Waals surface area contributed by atoms with Gasteiger partial charge in [-0.1, -0.05) is 17.7 Å². The number of rotatable bonds is 4. The van der Waals surface area contributed by atoms with E-state index in [0.29, 0.717) is 24.3 Å². The Morgan fingerprint density at radius 1 is 1.42 bits per heavy atom. The minimum Gasteiger partial charge on any atom is -0.496 e. The Labute approximate surface area is 114 Å². The van der Waals surface area contributed by atoms with Crippen LogP contribution in [-0.4, -0.2) is 25.0 Å². The maximum absolute atomic E-state index is 12.5.